The second-order valence-electron chi connectivity index (χ2n) is 3.43. The fourth-order valence-corrected chi connectivity index (χ4v) is 1.59. The summed E-state index contributed by atoms with van der Waals surface area (Å²) in [7, 11) is 1.67. The Kier molecular flexibility index (Phi) is 1.90. The minimum Gasteiger partial charge on any atom is -0.467 e. The first-order valence-corrected chi connectivity index (χ1v) is 4.36. The van der Waals surface area contributed by atoms with Gasteiger partial charge in [0.1, 0.15) is 5.76 Å². The lowest BCUT2D eigenvalue weighted by Crippen LogP contribution is -2.04. The van der Waals surface area contributed by atoms with Gasteiger partial charge in [-0.25, -0.2) is 0 Å². The molecule has 0 unspecified atom stereocenters. The molecule has 0 aliphatic heterocycles. The predicted octanol–water partition coefficient (Wildman–Crippen LogP) is 2.09. The second-order valence-corrected chi connectivity index (χ2v) is 3.43. The molecule has 1 heterocycles. The number of furan rings is 1. The van der Waals surface area contributed by atoms with E-state index in [0.717, 1.165) is 24.2 Å². The van der Waals surface area contributed by atoms with E-state index >= 15 is 0 Å². The summed E-state index contributed by atoms with van der Waals surface area (Å²) in [6.45, 7) is 0.579. The third kappa shape index (κ3) is 1.26. The van der Waals surface area contributed by atoms with Crippen LogP contribution in [0.5, 0.6) is 0 Å². The molecule has 1 aliphatic rings. The molecule has 0 bridgehead atoms. The molecule has 0 saturated heterocycles. The van der Waals surface area contributed by atoms with E-state index in [0.29, 0.717) is 6.61 Å². The first-order chi connectivity index (χ1) is 6.32. The van der Waals surface area contributed by atoms with Crippen LogP contribution in [0.2, 0.25) is 0 Å². The van der Waals surface area contributed by atoms with Gasteiger partial charge in [-0.05, 0) is 18.9 Å². The quantitative estimate of drug-likeness (QED) is 0.658. The normalized spacial score (nSPS) is 18.2. The van der Waals surface area contributed by atoms with Crippen LogP contribution in [0.25, 0.3) is 0 Å². The molecule has 0 amide bonds. The first-order valence-electron chi connectivity index (χ1n) is 4.36. The van der Waals surface area contributed by atoms with Crippen LogP contribution in [-0.4, -0.2) is 7.11 Å². The summed E-state index contributed by atoms with van der Waals surface area (Å²) in [5, 5.41) is 0. The van der Waals surface area contributed by atoms with Gasteiger partial charge in [0, 0.05) is 12.7 Å². The zero-order valence-electron chi connectivity index (χ0n) is 7.67. The van der Waals surface area contributed by atoms with Crippen molar-refractivity contribution in [3.63, 3.8) is 0 Å². The Labute approximate surface area is 77.9 Å². The highest BCUT2D eigenvalue weighted by atomic mass is 16.5. The molecule has 13 heavy (non-hydrogen) atoms. The maximum absolute atomic E-state index is 5.47. The van der Waals surface area contributed by atoms with Crippen LogP contribution < -0.4 is 0 Å². The number of hydrogen-bond acceptors (Lipinski definition) is 2. The topological polar surface area (TPSA) is 22.4 Å². The number of methoxy groups -OCH3 is 1. The molecule has 0 aromatic carbocycles. The smallest absolute Gasteiger partial charge is 0.127 e. The zero-order chi connectivity index (χ0) is 9.31. The Morgan fingerprint density at radius 3 is 3.00 bits per heavy atom. The van der Waals surface area contributed by atoms with Gasteiger partial charge in [0.05, 0.1) is 18.3 Å². The molecule has 1 saturated carbocycles. The molecule has 1 fully saturated rings. The molecule has 1 aromatic rings. The largest absolute Gasteiger partial charge is 0.467 e. The van der Waals surface area contributed by atoms with E-state index in [-0.39, 0.29) is 5.41 Å². The average molecular weight is 176 g/mol. The predicted molar refractivity (Wildman–Crippen MR) is 49.2 cm³/mol. The van der Waals surface area contributed by atoms with Crippen LogP contribution in [0.3, 0.4) is 0 Å². The van der Waals surface area contributed by atoms with Crippen molar-refractivity contribution in [2.24, 2.45) is 0 Å². The number of ether oxygens (including phenoxy) is 1. The van der Waals surface area contributed by atoms with Gasteiger partial charge in [-0.3, -0.25) is 0 Å². The minimum atomic E-state index is -0.114. The molecule has 1 aliphatic carbocycles. The van der Waals surface area contributed by atoms with Gasteiger partial charge < -0.3 is 9.15 Å². The Balaban J connectivity index is 2.30. The van der Waals surface area contributed by atoms with Crippen molar-refractivity contribution in [1.29, 1.82) is 0 Å². The summed E-state index contributed by atoms with van der Waals surface area (Å²) in [5.74, 6) is 3.73. The van der Waals surface area contributed by atoms with Crippen molar-refractivity contribution in [3.05, 3.63) is 23.7 Å². The average Bonchev–Trinajstić information content (AvgIpc) is 2.82. The Hall–Kier alpha value is -1.20. The van der Waals surface area contributed by atoms with Gasteiger partial charge in [0.2, 0.25) is 0 Å². The Morgan fingerprint density at radius 1 is 1.69 bits per heavy atom. The molecule has 1 aromatic heterocycles. The highest BCUT2D eigenvalue weighted by Crippen LogP contribution is 2.49. The van der Waals surface area contributed by atoms with Crippen molar-refractivity contribution < 1.29 is 9.15 Å². The maximum atomic E-state index is 5.47. The molecule has 2 nitrogen and oxygen atoms in total. The Morgan fingerprint density at radius 2 is 2.46 bits per heavy atom. The van der Waals surface area contributed by atoms with Crippen molar-refractivity contribution in [3.8, 4) is 12.3 Å². The van der Waals surface area contributed by atoms with Gasteiger partial charge in [-0.1, -0.05) is 5.92 Å². The fourth-order valence-electron chi connectivity index (χ4n) is 1.59. The number of terminal acetylenes is 1. The van der Waals surface area contributed by atoms with Crippen molar-refractivity contribution >= 4 is 0 Å². The number of hydrogen-bond donors (Lipinski definition) is 0. The second kappa shape index (κ2) is 2.93. The summed E-state index contributed by atoms with van der Waals surface area (Å²) in [6.07, 6.45) is 9.23. The van der Waals surface area contributed by atoms with Crippen LogP contribution >= 0.6 is 0 Å². The molecule has 0 spiro atoms. The van der Waals surface area contributed by atoms with Gasteiger partial charge in [-0.2, -0.15) is 0 Å². The molecular formula is C11H12O2. The fraction of sp³-hybridized carbons (Fsp3) is 0.455. The van der Waals surface area contributed by atoms with Crippen molar-refractivity contribution in [1.82, 2.24) is 0 Å². The summed E-state index contributed by atoms with van der Waals surface area (Å²) in [5.41, 5.74) is 0.968. The minimum absolute atomic E-state index is 0.114. The van der Waals surface area contributed by atoms with E-state index in [2.05, 4.69) is 5.92 Å². The standard InChI is InChI=1S/C11H12O2/c1-3-11(5-6-11)10-9(8-12-2)4-7-13-10/h1,4,7H,5-6,8H2,2H3. The van der Waals surface area contributed by atoms with Gasteiger partial charge in [0.25, 0.3) is 0 Å². The third-order valence-corrected chi connectivity index (χ3v) is 2.51. The highest BCUT2D eigenvalue weighted by Gasteiger charge is 2.46. The summed E-state index contributed by atoms with van der Waals surface area (Å²) in [6, 6.07) is 1.93. The van der Waals surface area contributed by atoms with E-state index < -0.39 is 0 Å². The number of rotatable bonds is 3. The third-order valence-electron chi connectivity index (χ3n) is 2.51. The van der Waals surface area contributed by atoms with E-state index in [1.807, 2.05) is 6.07 Å². The highest BCUT2D eigenvalue weighted by molar-refractivity contribution is 5.39. The molecule has 2 rings (SSSR count). The van der Waals surface area contributed by atoms with E-state index in [4.69, 9.17) is 15.6 Å². The molecule has 0 N–H and O–H groups in total. The van der Waals surface area contributed by atoms with Crippen LogP contribution in [-0.2, 0) is 16.8 Å². The first kappa shape index (κ1) is 8.40. The lowest BCUT2D eigenvalue weighted by Gasteiger charge is -2.06. The zero-order valence-corrected chi connectivity index (χ0v) is 7.67. The van der Waals surface area contributed by atoms with E-state index in [1.165, 1.54) is 0 Å². The van der Waals surface area contributed by atoms with E-state index in [9.17, 15) is 0 Å². The van der Waals surface area contributed by atoms with Crippen molar-refractivity contribution in [2.75, 3.05) is 7.11 Å². The van der Waals surface area contributed by atoms with Gasteiger partial charge >= 0.3 is 0 Å². The summed E-state index contributed by atoms with van der Waals surface area (Å²) >= 11 is 0. The summed E-state index contributed by atoms with van der Waals surface area (Å²) < 4.78 is 10.5. The molecular weight excluding hydrogens is 164 g/mol. The monoisotopic (exact) mass is 176 g/mol. The van der Waals surface area contributed by atoms with Crippen LogP contribution in [0.15, 0.2) is 16.7 Å². The Bertz CT molecular complexity index is 339. The summed E-state index contributed by atoms with van der Waals surface area (Å²) in [4.78, 5) is 0. The van der Waals surface area contributed by atoms with Crippen LogP contribution in [0, 0.1) is 12.3 Å². The maximum Gasteiger partial charge on any atom is 0.127 e. The lowest BCUT2D eigenvalue weighted by molar-refractivity contribution is 0.182. The molecule has 2 heteroatoms. The molecule has 0 radical (unpaired) electrons. The van der Waals surface area contributed by atoms with Crippen LogP contribution in [0.4, 0.5) is 0 Å². The lowest BCUT2D eigenvalue weighted by atomic mass is 10.0. The SMILES string of the molecule is C#CC1(c2occc2COC)CC1. The van der Waals surface area contributed by atoms with Crippen LogP contribution in [0.1, 0.15) is 24.2 Å². The van der Waals surface area contributed by atoms with Gasteiger partial charge in [0.15, 0.2) is 0 Å². The molecule has 0 atom stereocenters. The van der Waals surface area contributed by atoms with E-state index in [1.54, 1.807) is 13.4 Å². The molecule has 68 valence electrons. The van der Waals surface area contributed by atoms with Crippen molar-refractivity contribution in [2.45, 2.75) is 24.9 Å². The van der Waals surface area contributed by atoms with Gasteiger partial charge in [-0.15, -0.1) is 6.42 Å².